The first-order valence-corrected chi connectivity index (χ1v) is 5.18. The molecule has 0 aliphatic rings. The second-order valence-electron chi connectivity index (χ2n) is 5.23. The number of hydrogen-bond acceptors (Lipinski definition) is 1. The molecule has 0 aliphatic heterocycles. The summed E-state index contributed by atoms with van der Waals surface area (Å²) < 4.78 is 1.85. The molecule has 0 atom stereocenters. The third-order valence-corrected chi connectivity index (χ3v) is 2.22. The Morgan fingerprint density at radius 3 is 2.47 bits per heavy atom. The van der Waals surface area contributed by atoms with E-state index in [0.717, 1.165) is 12.2 Å². The van der Waals surface area contributed by atoms with Gasteiger partial charge in [0.2, 0.25) is 0 Å². The Bertz CT molecular complexity index is 347. The third-order valence-electron chi connectivity index (χ3n) is 2.22. The van der Waals surface area contributed by atoms with Crippen LogP contribution in [0.1, 0.15) is 31.3 Å². The second kappa shape index (κ2) is 4.09. The monoisotopic (exact) mass is 208 g/mol. The van der Waals surface area contributed by atoms with Crippen molar-refractivity contribution in [3.05, 3.63) is 24.0 Å². The highest BCUT2D eigenvalue weighted by Gasteiger charge is 2.19. The SMILES string of the molecule is CN(CC(C)(C)C)C(=O)c1cccn1C. The average Bonchev–Trinajstić information content (AvgIpc) is 2.47. The van der Waals surface area contributed by atoms with Gasteiger partial charge in [-0.25, -0.2) is 0 Å². The summed E-state index contributed by atoms with van der Waals surface area (Å²) in [6.07, 6.45) is 1.89. The molecule has 0 N–H and O–H groups in total. The molecule has 0 fully saturated rings. The molecule has 0 radical (unpaired) electrons. The highest BCUT2D eigenvalue weighted by atomic mass is 16.2. The lowest BCUT2D eigenvalue weighted by molar-refractivity contribution is 0.0736. The summed E-state index contributed by atoms with van der Waals surface area (Å²) in [7, 11) is 3.73. The topological polar surface area (TPSA) is 25.2 Å². The van der Waals surface area contributed by atoms with Crippen LogP contribution in [0.3, 0.4) is 0 Å². The maximum atomic E-state index is 12.0. The van der Waals surface area contributed by atoms with Crippen molar-refractivity contribution in [1.29, 1.82) is 0 Å². The van der Waals surface area contributed by atoms with Crippen LogP contribution >= 0.6 is 0 Å². The molecule has 1 rings (SSSR count). The minimum atomic E-state index is 0.0809. The molecule has 15 heavy (non-hydrogen) atoms. The van der Waals surface area contributed by atoms with Crippen molar-refractivity contribution in [1.82, 2.24) is 9.47 Å². The minimum absolute atomic E-state index is 0.0809. The standard InChI is InChI=1S/C12H20N2O/c1-12(2,3)9-14(5)11(15)10-7-6-8-13(10)4/h6-8H,9H2,1-5H3. The van der Waals surface area contributed by atoms with E-state index < -0.39 is 0 Å². The smallest absolute Gasteiger partial charge is 0.270 e. The van der Waals surface area contributed by atoms with Gasteiger partial charge in [-0.05, 0) is 17.5 Å². The number of hydrogen-bond donors (Lipinski definition) is 0. The van der Waals surface area contributed by atoms with Gasteiger partial charge in [0.1, 0.15) is 5.69 Å². The molecular weight excluding hydrogens is 188 g/mol. The first-order valence-electron chi connectivity index (χ1n) is 5.18. The van der Waals surface area contributed by atoms with Gasteiger partial charge in [0.05, 0.1) is 0 Å². The van der Waals surface area contributed by atoms with E-state index in [2.05, 4.69) is 20.8 Å². The lowest BCUT2D eigenvalue weighted by atomic mass is 9.96. The number of aryl methyl sites for hydroxylation is 1. The summed E-state index contributed by atoms with van der Waals surface area (Å²) in [4.78, 5) is 13.8. The minimum Gasteiger partial charge on any atom is -0.347 e. The van der Waals surface area contributed by atoms with Crippen LogP contribution in [0, 0.1) is 5.41 Å². The average molecular weight is 208 g/mol. The molecule has 1 aromatic rings. The first kappa shape index (κ1) is 11.8. The van der Waals surface area contributed by atoms with Crippen LogP contribution in [0.25, 0.3) is 0 Å². The highest BCUT2D eigenvalue weighted by Crippen LogP contribution is 2.15. The molecule has 3 nitrogen and oxygen atoms in total. The number of carbonyl (C=O) groups is 1. The van der Waals surface area contributed by atoms with Crippen molar-refractivity contribution in [3.8, 4) is 0 Å². The Morgan fingerprint density at radius 1 is 1.47 bits per heavy atom. The van der Waals surface area contributed by atoms with E-state index in [1.807, 2.05) is 37.0 Å². The maximum absolute atomic E-state index is 12.0. The zero-order valence-electron chi connectivity index (χ0n) is 10.2. The molecule has 0 aliphatic carbocycles. The molecular formula is C12H20N2O. The van der Waals surface area contributed by atoms with E-state index in [4.69, 9.17) is 0 Å². The van der Waals surface area contributed by atoms with Crippen LogP contribution in [0.15, 0.2) is 18.3 Å². The van der Waals surface area contributed by atoms with Gasteiger partial charge in [0.15, 0.2) is 0 Å². The van der Waals surface area contributed by atoms with Crippen LogP contribution in [-0.4, -0.2) is 29.0 Å². The lowest BCUT2D eigenvalue weighted by Gasteiger charge is -2.26. The van der Waals surface area contributed by atoms with E-state index >= 15 is 0 Å². The third kappa shape index (κ3) is 3.11. The Labute approximate surface area is 91.7 Å². The molecule has 0 aromatic carbocycles. The molecule has 1 aromatic heterocycles. The van der Waals surface area contributed by atoms with Gasteiger partial charge in [-0.15, -0.1) is 0 Å². The predicted molar refractivity (Wildman–Crippen MR) is 61.8 cm³/mol. The van der Waals surface area contributed by atoms with Gasteiger partial charge in [-0.3, -0.25) is 4.79 Å². The molecule has 0 bridgehead atoms. The van der Waals surface area contributed by atoms with Crippen molar-refractivity contribution in [2.24, 2.45) is 12.5 Å². The molecule has 0 spiro atoms. The summed E-state index contributed by atoms with van der Waals surface area (Å²) in [6.45, 7) is 7.14. The van der Waals surface area contributed by atoms with Crippen molar-refractivity contribution in [3.63, 3.8) is 0 Å². The van der Waals surface area contributed by atoms with Gasteiger partial charge in [-0.1, -0.05) is 20.8 Å². The fourth-order valence-corrected chi connectivity index (χ4v) is 1.66. The van der Waals surface area contributed by atoms with Crippen molar-refractivity contribution in [2.75, 3.05) is 13.6 Å². The Kier molecular flexibility index (Phi) is 3.22. The Morgan fingerprint density at radius 2 is 2.07 bits per heavy atom. The number of carbonyl (C=O) groups excluding carboxylic acids is 1. The van der Waals surface area contributed by atoms with Gasteiger partial charge >= 0.3 is 0 Å². The fraction of sp³-hybridized carbons (Fsp3) is 0.583. The summed E-state index contributed by atoms with van der Waals surface area (Å²) in [5.41, 5.74) is 0.872. The maximum Gasteiger partial charge on any atom is 0.270 e. The van der Waals surface area contributed by atoms with Gasteiger partial charge in [-0.2, -0.15) is 0 Å². The van der Waals surface area contributed by atoms with E-state index in [9.17, 15) is 4.79 Å². The van der Waals surface area contributed by atoms with Crippen LogP contribution in [-0.2, 0) is 7.05 Å². The number of rotatable bonds is 2. The Hall–Kier alpha value is -1.25. The van der Waals surface area contributed by atoms with Gasteiger partial charge < -0.3 is 9.47 Å². The number of nitrogens with zero attached hydrogens (tertiary/aromatic N) is 2. The van der Waals surface area contributed by atoms with Crippen LogP contribution in [0.5, 0.6) is 0 Å². The van der Waals surface area contributed by atoms with Crippen LogP contribution in [0.2, 0.25) is 0 Å². The largest absolute Gasteiger partial charge is 0.347 e. The summed E-state index contributed by atoms with van der Waals surface area (Å²) in [5.74, 6) is 0.0809. The summed E-state index contributed by atoms with van der Waals surface area (Å²) in [6, 6.07) is 3.74. The van der Waals surface area contributed by atoms with Gasteiger partial charge in [0, 0.05) is 26.8 Å². The van der Waals surface area contributed by atoms with Crippen molar-refractivity contribution < 1.29 is 4.79 Å². The molecule has 0 saturated heterocycles. The summed E-state index contributed by atoms with van der Waals surface area (Å²) >= 11 is 0. The number of amides is 1. The Balaban J connectivity index is 2.74. The molecule has 0 unspecified atom stereocenters. The zero-order chi connectivity index (χ0) is 11.6. The molecule has 3 heteroatoms. The normalized spacial score (nSPS) is 11.5. The molecule has 1 heterocycles. The first-order chi connectivity index (χ1) is 6.81. The molecule has 0 saturated carbocycles. The zero-order valence-corrected chi connectivity index (χ0v) is 10.2. The predicted octanol–water partition coefficient (Wildman–Crippen LogP) is 2.14. The van der Waals surface area contributed by atoms with Crippen LogP contribution in [0.4, 0.5) is 0 Å². The van der Waals surface area contributed by atoms with Crippen molar-refractivity contribution >= 4 is 5.91 Å². The highest BCUT2D eigenvalue weighted by molar-refractivity contribution is 5.92. The second-order valence-corrected chi connectivity index (χ2v) is 5.23. The van der Waals surface area contributed by atoms with E-state index in [1.54, 1.807) is 4.90 Å². The van der Waals surface area contributed by atoms with E-state index in [0.29, 0.717) is 0 Å². The quantitative estimate of drug-likeness (QED) is 0.731. The lowest BCUT2D eigenvalue weighted by Crippen LogP contribution is -2.35. The van der Waals surface area contributed by atoms with E-state index in [1.165, 1.54) is 0 Å². The van der Waals surface area contributed by atoms with Gasteiger partial charge in [0.25, 0.3) is 5.91 Å². The molecule has 1 amide bonds. The number of aromatic nitrogens is 1. The van der Waals surface area contributed by atoms with Crippen molar-refractivity contribution in [2.45, 2.75) is 20.8 Å². The summed E-state index contributed by atoms with van der Waals surface area (Å²) in [5, 5.41) is 0. The van der Waals surface area contributed by atoms with Crippen LogP contribution < -0.4 is 0 Å². The van der Waals surface area contributed by atoms with E-state index in [-0.39, 0.29) is 11.3 Å². The molecule has 84 valence electrons. The fourth-order valence-electron chi connectivity index (χ4n) is 1.66.